The van der Waals surface area contributed by atoms with E-state index >= 15 is 0 Å². The first-order valence-corrected chi connectivity index (χ1v) is 10.5. The third kappa shape index (κ3) is 5.30. The molecule has 5 nitrogen and oxygen atoms in total. The second-order valence-corrected chi connectivity index (χ2v) is 9.11. The number of rotatable bonds is 5. The summed E-state index contributed by atoms with van der Waals surface area (Å²) in [6.07, 6.45) is 1.23. The number of anilines is 1. The third-order valence-corrected chi connectivity index (χ3v) is 6.28. The van der Waals surface area contributed by atoms with E-state index in [-0.39, 0.29) is 11.3 Å². The average molecular weight is 387 g/mol. The normalized spacial score (nSPS) is 15.9. The lowest BCUT2D eigenvalue weighted by atomic mass is 9.98. The van der Waals surface area contributed by atoms with E-state index < -0.39 is 0 Å². The minimum absolute atomic E-state index is 0.107. The molecule has 0 saturated carbocycles. The smallest absolute Gasteiger partial charge is 0.222 e. The number of carbonyl (C=O) groups excluding carboxylic acids is 1. The first kappa shape index (κ1) is 19.8. The molecule has 0 unspecified atom stereocenters. The zero-order valence-corrected chi connectivity index (χ0v) is 17.4. The Balaban J connectivity index is 1.45. The molecule has 0 radical (unpaired) electrons. The maximum atomic E-state index is 12.5. The Bertz CT molecular complexity index is 772. The van der Waals surface area contributed by atoms with Crippen LogP contribution < -0.4 is 5.73 Å². The van der Waals surface area contributed by atoms with Crippen molar-refractivity contribution in [3.05, 3.63) is 45.9 Å². The fourth-order valence-corrected chi connectivity index (χ4v) is 4.17. The number of aromatic nitrogens is 1. The molecular formula is C21H30N4OS. The molecule has 27 heavy (non-hydrogen) atoms. The molecule has 146 valence electrons. The van der Waals surface area contributed by atoms with Crippen LogP contribution in [0.3, 0.4) is 0 Å². The average Bonchev–Trinajstić information content (AvgIpc) is 3.10. The highest BCUT2D eigenvalue weighted by atomic mass is 32.1. The number of piperazine rings is 1. The van der Waals surface area contributed by atoms with Crippen LogP contribution in [-0.4, -0.2) is 46.9 Å². The maximum Gasteiger partial charge on any atom is 0.222 e. The molecule has 1 aromatic heterocycles. The van der Waals surface area contributed by atoms with Crippen LogP contribution >= 0.6 is 11.3 Å². The van der Waals surface area contributed by atoms with Gasteiger partial charge in [0.1, 0.15) is 0 Å². The van der Waals surface area contributed by atoms with Crippen LogP contribution in [0.1, 0.15) is 43.5 Å². The van der Waals surface area contributed by atoms with Crippen LogP contribution in [0, 0.1) is 0 Å². The lowest BCUT2D eigenvalue weighted by Gasteiger charge is -2.34. The molecule has 1 aromatic carbocycles. The van der Waals surface area contributed by atoms with Crippen molar-refractivity contribution in [1.29, 1.82) is 0 Å². The van der Waals surface area contributed by atoms with Crippen molar-refractivity contribution in [2.45, 2.75) is 45.6 Å². The molecule has 0 spiro atoms. The van der Waals surface area contributed by atoms with Crippen molar-refractivity contribution in [2.75, 3.05) is 31.9 Å². The van der Waals surface area contributed by atoms with Crippen molar-refractivity contribution < 1.29 is 4.79 Å². The molecule has 6 heteroatoms. The van der Waals surface area contributed by atoms with Gasteiger partial charge in [-0.05, 0) is 18.1 Å². The molecule has 2 aromatic rings. The number of para-hydroxylation sites is 1. The Labute approximate surface area is 166 Å². The number of hydrogen-bond acceptors (Lipinski definition) is 5. The summed E-state index contributed by atoms with van der Waals surface area (Å²) >= 11 is 1.74. The van der Waals surface area contributed by atoms with Gasteiger partial charge < -0.3 is 10.6 Å². The number of thiazole rings is 1. The monoisotopic (exact) mass is 386 g/mol. The molecular weight excluding hydrogens is 356 g/mol. The molecule has 0 aliphatic carbocycles. The van der Waals surface area contributed by atoms with Crippen molar-refractivity contribution in [2.24, 2.45) is 0 Å². The van der Waals surface area contributed by atoms with Gasteiger partial charge in [0.2, 0.25) is 5.91 Å². The standard InChI is InChI=1S/C21H30N4OS/c1-21(2,3)20-23-17(15-27-20)14-24-10-12-25(13-11-24)19(26)9-8-16-6-4-5-7-18(16)22/h4-7,15H,8-14,22H2,1-3H3. The van der Waals surface area contributed by atoms with E-state index in [1.54, 1.807) is 11.3 Å². The van der Waals surface area contributed by atoms with Gasteiger partial charge in [-0.2, -0.15) is 0 Å². The number of nitrogens with two attached hydrogens (primary N) is 1. The Morgan fingerprint density at radius 1 is 1.19 bits per heavy atom. The van der Waals surface area contributed by atoms with E-state index in [2.05, 4.69) is 31.1 Å². The lowest BCUT2D eigenvalue weighted by molar-refractivity contribution is -0.133. The highest BCUT2D eigenvalue weighted by Gasteiger charge is 2.23. The van der Waals surface area contributed by atoms with Gasteiger partial charge in [0.05, 0.1) is 10.7 Å². The zero-order valence-electron chi connectivity index (χ0n) is 16.6. The quantitative estimate of drug-likeness (QED) is 0.801. The molecule has 3 rings (SSSR count). The zero-order chi connectivity index (χ0) is 19.4. The molecule has 1 amide bonds. The molecule has 1 saturated heterocycles. The third-order valence-electron chi connectivity index (χ3n) is 4.97. The van der Waals surface area contributed by atoms with Crippen LogP contribution in [0.15, 0.2) is 29.6 Å². The topological polar surface area (TPSA) is 62.5 Å². The summed E-state index contributed by atoms with van der Waals surface area (Å²) in [5, 5.41) is 3.36. The minimum Gasteiger partial charge on any atom is -0.399 e. The SMILES string of the molecule is CC(C)(C)c1nc(CN2CCN(C(=O)CCc3ccccc3N)CC2)cs1. The second kappa shape index (κ2) is 8.40. The predicted octanol–water partition coefficient (Wildman–Crippen LogP) is 3.30. The molecule has 2 heterocycles. The molecule has 1 fully saturated rings. The Kier molecular flexibility index (Phi) is 6.17. The van der Waals surface area contributed by atoms with Gasteiger partial charge in [-0.3, -0.25) is 9.69 Å². The van der Waals surface area contributed by atoms with E-state index in [1.807, 2.05) is 29.2 Å². The highest BCUT2D eigenvalue weighted by molar-refractivity contribution is 7.09. The van der Waals surface area contributed by atoms with Gasteiger partial charge in [-0.1, -0.05) is 39.0 Å². The van der Waals surface area contributed by atoms with E-state index in [4.69, 9.17) is 10.7 Å². The van der Waals surface area contributed by atoms with E-state index in [9.17, 15) is 4.79 Å². The van der Waals surface area contributed by atoms with Crippen LogP contribution in [0.25, 0.3) is 0 Å². The summed E-state index contributed by atoms with van der Waals surface area (Å²) in [5.74, 6) is 0.224. The van der Waals surface area contributed by atoms with Crippen LogP contribution in [0.4, 0.5) is 5.69 Å². The first-order valence-electron chi connectivity index (χ1n) is 9.61. The van der Waals surface area contributed by atoms with E-state index in [0.29, 0.717) is 12.8 Å². The molecule has 0 atom stereocenters. The Morgan fingerprint density at radius 3 is 2.52 bits per heavy atom. The summed E-state index contributed by atoms with van der Waals surface area (Å²) in [6, 6.07) is 7.79. The number of nitrogen functional groups attached to an aromatic ring is 1. The fourth-order valence-electron chi connectivity index (χ4n) is 3.27. The lowest BCUT2D eigenvalue weighted by Crippen LogP contribution is -2.48. The van der Waals surface area contributed by atoms with E-state index in [0.717, 1.165) is 49.7 Å². The van der Waals surface area contributed by atoms with Gasteiger partial charge in [-0.25, -0.2) is 4.98 Å². The minimum atomic E-state index is 0.107. The van der Waals surface area contributed by atoms with Crippen molar-refractivity contribution >= 4 is 22.9 Å². The number of aryl methyl sites for hydroxylation is 1. The number of amides is 1. The predicted molar refractivity (Wildman–Crippen MR) is 112 cm³/mol. The van der Waals surface area contributed by atoms with Crippen LogP contribution in [0.5, 0.6) is 0 Å². The number of carbonyl (C=O) groups is 1. The molecule has 1 aliphatic heterocycles. The Morgan fingerprint density at radius 2 is 1.89 bits per heavy atom. The fraction of sp³-hybridized carbons (Fsp3) is 0.524. The van der Waals surface area contributed by atoms with Crippen LogP contribution in [-0.2, 0) is 23.2 Å². The van der Waals surface area contributed by atoms with E-state index in [1.165, 1.54) is 5.01 Å². The summed E-state index contributed by atoms with van der Waals surface area (Å²) in [4.78, 5) is 21.7. The number of nitrogens with zero attached hydrogens (tertiary/aromatic N) is 3. The summed E-state index contributed by atoms with van der Waals surface area (Å²) in [6.45, 7) is 10.9. The highest BCUT2D eigenvalue weighted by Crippen LogP contribution is 2.26. The van der Waals surface area contributed by atoms with Crippen molar-refractivity contribution in [3.8, 4) is 0 Å². The molecule has 0 bridgehead atoms. The molecule has 2 N–H and O–H groups in total. The first-order chi connectivity index (χ1) is 12.8. The van der Waals surface area contributed by atoms with Crippen molar-refractivity contribution in [1.82, 2.24) is 14.8 Å². The van der Waals surface area contributed by atoms with Gasteiger partial charge >= 0.3 is 0 Å². The number of benzene rings is 1. The maximum absolute atomic E-state index is 12.5. The van der Waals surface area contributed by atoms with Gasteiger partial charge in [0.15, 0.2) is 0 Å². The number of hydrogen-bond donors (Lipinski definition) is 1. The summed E-state index contributed by atoms with van der Waals surface area (Å²) in [7, 11) is 0. The molecule has 1 aliphatic rings. The summed E-state index contributed by atoms with van der Waals surface area (Å²) < 4.78 is 0. The van der Waals surface area contributed by atoms with Gasteiger partial charge in [0.25, 0.3) is 0 Å². The van der Waals surface area contributed by atoms with Crippen molar-refractivity contribution in [3.63, 3.8) is 0 Å². The van der Waals surface area contributed by atoms with Crippen LogP contribution in [0.2, 0.25) is 0 Å². The van der Waals surface area contributed by atoms with Gasteiger partial charge in [-0.15, -0.1) is 11.3 Å². The second-order valence-electron chi connectivity index (χ2n) is 8.25. The Hall–Kier alpha value is -1.92. The summed E-state index contributed by atoms with van der Waals surface area (Å²) in [5.41, 5.74) is 9.05. The largest absolute Gasteiger partial charge is 0.399 e. The van der Waals surface area contributed by atoms with Gasteiger partial charge in [0, 0.05) is 55.6 Å².